The molecule has 0 aliphatic rings. The number of hydrogen-bond donors (Lipinski definition) is 2. The van der Waals surface area contributed by atoms with Gasteiger partial charge in [0.1, 0.15) is 5.75 Å². The highest BCUT2D eigenvalue weighted by molar-refractivity contribution is 5.41. The highest BCUT2D eigenvalue weighted by Crippen LogP contribution is 2.31. The van der Waals surface area contributed by atoms with Crippen LogP contribution in [0.4, 0.5) is 0 Å². The smallest absolute Gasteiger partial charge is 0.122 e. The maximum absolute atomic E-state index is 5.45. The zero-order chi connectivity index (χ0) is 12.9. The molecule has 0 fully saturated rings. The van der Waals surface area contributed by atoms with Gasteiger partial charge >= 0.3 is 0 Å². The van der Waals surface area contributed by atoms with Crippen molar-refractivity contribution >= 4 is 0 Å². The Labute approximate surface area is 104 Å². The Bertz CT molecular complexity index is 356. The molecule has 96 valence electrons. The molecule has 1 rings (SSSR count). The Morgan fingerprint density at radius 1 is 1.29 bits per heavy atom. The minimum absolute atomic E-state index is 0.0925. The molecule has 0 aliphatic heterocycles. The van der Waals surface area contributed by atoms with Crippen LogP contribution in [0.25, 0.3) is 0 Å². The van der Waals surface area contributed by atoms with E-state index in [-0.39, 0.29) is 5.41 Å². The van der Waals surface area contributed by atoms with Gasteiger partial charge in [-0.2, -0.15) is 0 Å². The number of rotatable bonds is 5. The van der Waals surface area contributed by atoms with Crippen molar-refractivity contribution in [2.45, 2.75) is 32.7 Å². The van der Waals surface area contributed by atoms with E-state index in [1.165, 1.54) is 11.1 Å². The molecule has 0 saturated heterocycles. The molecular formula is C14H24N2O. The van der Waals surface area contributed by atoms with E-state index in [0.717, 1.165) is 18.8 Å². The fraction of sp³-hybridized carbons (Fsp3) is 0.571. The predicted octanol–water partition coefficient (Wildman–Crippen LogP) is 2.04. The van der Waals surface area contributed by atoms with E-state index < -0.39 is 0 Å². The largest absolute Gasteiger partial charge is 0.496 e. The van der Waals surface area contributed by atoms with E-state index in [1.54, 1.807) is 7.11 Å². The average Bonchev–Trinajstić information content (AvgIpc) is 2.28. The summed E-state index contributed by atoms with van der Waals surface area (Å²) in [4.78, 5) is 0. The summed E-state index contributed by atoms with van der Waals surface area (Å²) in [6.07, 6.45) is 0. The Morgan fingerprint density at radius 3 is 2.53 bits per heavy atom. The van der Waals surface area contributed by atoms with E-state index in [4.69, 9.17) is 10.5 Å². The van der Waals surface area contributed by atoms with E-state index >= 15 is 0 Å². The summed E-state index contributed by atoms with van der Waals surface area (Å²) in [5.41, 5.74) is 8.06. The summed E-state index contributed by atoms with van der Waals surface area (Å²) in [5, 5.41) is 3.30. The van der Waals surface area contributed by atoms with Gasteiger partial charge in [0, 0.05) is 19.6 Å². The first kappa shape index (κ1) is 14.0. The van der Waals surface area contributed by atoms with Crippen molar-refractivity contribution in [2.24, 2.45) is 5.73 Å². The van der Waals surface area contributed by atoms with Crippen molar-refractivity contribution in [3.63, 3.8) is 0 Å². The number of nitrogens with one attached hydrogen (secondary N) is 1. The molecule has 1 aromatic carbocycles. The van der Waals surface area contributed by atoms with Crippen LogP contribution in [0.1, 0.15) is 31.9 Å². The maximum Gasteiger partial charge on any atom is 0.122 e. The molecule has 3 nitrogen and oxygen atoms in total. The Balaban J connectivity index is 2.89. The van der Waals surface area contributed by atoms with Gasteiger partial charge in [0.25, 0.3) is 0 Å². The topological polar surface area (TPSA) is 47.3 Å². The quantitative estimate of drug-likeness (QED) is 0.769. The van der Waals surface area contributed by atoms with Crippen LogP contribution >= 0.6 is 0 Å². The summed E-state index contributed by atoms with van der Waals surface area (Å²) in [6, 6.07) is 6.35. The zero-order valence-electron chi connectivity index (χ0n) is 11.3. The summed E-state index contributed by atoms with van der Waals surface area (Å²) >= 11 is 0. The molecule has 0 atom stereocenters. The highest BCUT2D eigenvalue weighted by atomic mass is 16.5. The number of ether oxygens (including phenoxy) is 1. The van der Waals surface area contributed by atoms with E-state index in [9.17, 15) is 0 Å². The van der Waals surface area contributed by atoms with Gasteiger partial charge in [0.15, 0.2) is 0 Å². The van der Waals surface area contributed by atoms with Gasteiger partial charge < -0.3 is 15.8 Å². The first-order chi connectivity index (χ1) is 7.99. The van der Waals surface area contributed by atoms with Crippen molar-refractivity contribution < 1.29 is 4.74 Å². The van der Waals surface area contributed by atoms with Crippen LogP contribution in [0.5, 0.6) is 5.75 Å². The monoisotopic (exact) mass is 236 g/mol. The molecule has 0 heterocycles. The molecule has 0 aromatic heterocycles. The second kappa shape index (κ2) is 6.03. The first-order valence-electron chi connectivity index (χ1n) is 6.07. The lowest BCUT2D eigenvalue weighted by Crippen LogP contribution is -2.22. The van der Waals surface area contributed by atoms with Gasteiger partial charge in [-0.3, -0.25) is 0 Å². The average molecular weight is 236 g/mol. The Hall–Kier alpha value is -1.06. The molecular weight excluding hydrogens is 212 g/mol. The summed E-state index contributed by atoms with van der Waals surface area (Å²) in [6.45, 7) is 8.95. The lowest BCUT2D eigenvalue weighted by atomic mass is 9.85. The molecule has 0 aliphatic carbocycles. The molecule has 3 heteroatoms. The second-order valence-electron chi connectivity index (χ2n) is 5.25. The van der Waals surface area contributed by atoms with Crippen LogP contribution in [0, 0.1) is 0 Å². The predicted molar refractivity (Wildman–Crippen MR) is 72.5 cm³/mol. The summed E-state index contributed by atoms with van der Waals surface area (Å²) in [7, 11) is 1.72. The molecule has 0 spiro atoms. The van der Waals surface area contributed by atoms with Crippen molar-refractivity contribution in [1.29, 1.82) is 0 Å². The number of methoxy groups -OCH3 is 1. The molecule has 3 N–H and O–H groups in total. The van der Waals surface area contributed by atoms with Gasteiger partial charge in [-0.25, -0.2) is 0 Å². The van der Waals surface area contributed by atoms with Gasteiger partial charge in [0.2, 0.25) is 0 Å². The number of hydrogen-bond acceptors (Lipinski definition) is 3. The summed E-state index contributed by atoms with van der Waals surface area (Å²) in [5.74, 6) is 0.958. The molecule has 0 radical (unpaired) electrons. The van der Waals surface area contributed by atoms with Crippen molar-refractivity contribution in [1.82, 2.24) is 5.32 Å². The van der Waals surface area contributed by atoms with Gasteiger partial charge in [-0.05, 0) is 22.6 Å². The maximum atomic E-state index is 5.45. The molecule has 0 amide bonds. The lowest BCUT2D eigenvalue weighted by molar-refractivity contribution is 0.397. The minimum Gasteiger partial charge on any atom is -0.496 e. The molecule has 0 bridgehead atoms. The third kappa shape index (κ3) is 4.02. The van der Waals surface area contributed by atoms with Crippen LogP contribution in [0.3, 0.4) is 0 Å². The van der Waals surface area contributed by atoms with Crippen LogP contribution in [-0.2, 0) is 12.0 Å². The Morgan fingerprint density at radius 2 is 2.00 bits per heavy atom. The van der Waals surface area contributed by atoms with Gasteiger partial charge in [-0.1, -0.05) is 32.9 Å². The molecule has 1 aromatic rings. The van der Waals surface area contributed by atoms with E-state index in [2.05, 4.69) is 38.2 Å². The molecule has 17 heavy (non-hydrogen) atoms. The normalized spacial score (nSPS) is 11.6. The van der Waals surface area contributed by atoms with Gasteiger partial charge in [0.05, 0.1) is 7.11 Å². The third-order valence-electron chi connectivity index (χ3n) is 2.72. The fourth-order valence-electron chi connectivity index (χ4n) is 1.79. The van der Waals surface area contributed by atoms with Crippen molar-refractivity contribution in [2.75, 3.05) is 20.2 Å². The van der Waals surface area contributed by atoms with Crippen molar-refractivity contribution in [3.05, 3.63) is 29.3 Å². The highest BCUT2D eigenvalue weighted by Gasteiger charge is 2.18. The van der Waals surface area contributed by atoms with Crippen LogP contribution in [-0.4, -0.2) is 20.2 Å². The third-order valence-corrected chi connectivity index (χ3v) is 2.72. The molecule has 0 unspecified atom stereocenters. The number of nitrogens with two attached hydrogens (primary N) is 1. The minimum atomic E-state index is 0.0925. The standard InChI is InChI=1S/C14H24N2O/c1-14(2,3)12-9-11(10-16-8-7-15)5-6-13(12)17-4/h5-6,9,16H,7-8,10,15H2,1-4H3. The van der Waals surface area contributed by atoms with Gasteiger partial charge in [-0.15, -0.1) is 0 Å². The Kier molecular flexibility index (Phi) is 4.97. The zero-order valence-corrected chi connectivity index (χ0v) is 11.3. The SMILES string of the molecule is COc1ccc(CNCCN)cc1C(C)(C)C. The second-order valence-corrected chi connectivity index (χ2v) is 5.25. The van der Waals surface area contributed by atoms with Crippen LogP contribution < -0.4 is 15.8 Å². The molecule has 0 saturated carbocycles. The van der Waals surface area contributed by atoms with E-state index in [1.807, 2.05) is 6.07 Å². The van der Waals surface area contributed by atoms with Crippen LogP contribution in [0.2, 0.25) is 0 Å². The lowest BCUT2D eigenvalue weighted by Gasteiger charge is -2.23. The van der Waals surface area contributed by atoms with E-state index in [0.29, 0.717) is 6.54 Å². The fourth-order valence-corrected chi connectivity index (χ4v) is 1.79. The summed E-state index contributed by atoms with van der Waals surface area (Å²) < 4.78 is 5.41. The van der Waals surface area contributed by atoms with Crippen LogP contribution in [0.15, 0.2) is 18.2 Å². The van der Waals surface area contributed by atoms with Crippen molar-refractivity contribution in [3.8, 4) is 5.75 Å². The number of benzene rings is 1. The first-order valence-corrected chi connectivity index (χ1v) is 6.07.